The molecule has 0 spiro atoms. The lowest BCUT2D eigenvalue weighted by molar-refractivity contribution is 0.634. The van der Waals surface area contributed by atoms with E-state index >= 15 is 0 Å². The van der Waals surface area contributed by atoms with Crippen LogP contribution < -0.4 is 10.6 Å². The van der Waals surface area contributed by atoms with Crippen molar-refractivity contribution in [2.45, 2.75) is 26.9 Å². The molecule has 0 radical (unpaired) electrons. The second-order valence-corrected chi connectivity index (χ2v) is 4.45. The lowest BCUT2D eigenvalue weighted by Gasteiger charge is -2.20. The molecule has 0 bridgehead atoms. The van der Waals surface area contributed by atoms with Crippen molar-refractivity contribution < 1.29 is 0 Å². The van der Waals surface area contributed by atoms with Gasteiger partial charge in [0, 0.05) is 33.0 Å². The molecule has 0 aliphatic heterocycles. The average Bonchev–Trinajstić information content (AvgIpc) is 2.85. The molecule has 0 aromatic carbocycles. The van der Waals surface area contributed by atoms with Gasteiger partial charge in [0.05, 0.1) is 17.9 Å². The Bertz CT molecular complexity index is 539. The molecule has 0 saturated carbocycles. The summed E-state index contributed by atoms with van der Waals surface area (Å²) in [5.74, 6) is 1.96. The van der Waals surface area contributed by atoms with Gasteiger partial charge >= 0.3 is 0 Å². The molecule has 98 valence electrons. The lowest BCUT2D eigenvalue weighted by atomic mass is 10.3. The fourth-order valence-corrected chi connectivity index (χ4v) is 2.04. The van der Waals surface area contributed by atoms with Crippen LogP contribution in [0.1, 0.15) is 18.4 Å². The third-order valence-electron chi connectivity index (χ3n) is 3.11. The molecule has 2 N–H and O–H groups in total. The van der Waals surface area contributed by atoms with Crippen LogP contribution in [0.3, 0.4) is 0 Å². The number of anilines is 2. The first kappa shape index (κ1) is 12.5. The van der Waals surface area contributed by atoms with Gasteiger partial charge in [0.15, 0.2) is 5.82 Å². The highest BCUT2D eigenvalue weighted by Gasteiger charge is 2.16. The molecule has 2 heterocycles. The number of nitrogens with two attached hydrogens (primary N) is 1. The summed E-state index contributed by atoms with van der Waals surface area (Å²) in [5, 5.41) is 4.42. The predicted molar refractivity (Wildman–Crippen MR) is 72.4 cm³/mol. The molecule has 2 aromatic rings. The fourth-order valence-electron chi connectivity index (χ4n) is 2.04. The Labute approximate surface area is 107 Å². The van der Waals surface area contributed by atoms with Crippen molar-refractivity contribution in [3.05, 3.63) is 23.9 Å². The molecule has 18 heavy (non-hydrogen) atoms. The SMILES string of the molecule is CCn1nc(C)c(N)c1N(C)Cc1nccn1C. The highest BCUT2D eigenvalue weighted by Crippen LogP contribution is 2.26. The lowest BCUT2D eigenvalue weighted by Crippen LogP contribution is -2.23. The van der Waals surface area contributed by atoms with Crippen molar-refractivity contribution in [2.75, 3.05) is 17.7 Å². The molecule has 0 unspecified atom stereocenters. The van der Waals surface area contributed by atoms with E-state index in [-0.39, 0.29) is 0 Å². The van der Waals surface area contributed by atoms with E-state index in [1.54, 1.807) is 6.20 Å². The Kier molecular flexibility index (Phi) is 3.27. The first-order valence-corrected chi connectivity index (χ1v) is 6.04. The number of nitrogen functional groups attached to an aromatic ring is 1. The van der Waals surface area contributed by atoms with E-state index in [4.69, 9.17) is 5.73 Å². The summed E-state index contributed by atoms with van der Waals surface area (Å²) in [7, 11) is 4.00. The van der Waals surface area contributed by atoms with Crippen molar-refractivity contribution in [1.82, 2.24) is 19.3 Å². The highest BCUT2D eigenvalue weighted by atomic mass is 15.4. The van der Waals surface area contributed by atoms with Gasteiger partial charge in [-0.05, 0) is 13.8 Å². The van der Waals surface area contributed by atoms with Gasteiger partial charge in [0.1, 0.15) is 5.82 Å². The summed E-state index contributed by atoms with van der Waals surface area (Å²) in [6.45, 7) is 5.50. The first-order chi connectivity index (χ1) is 8.54. The topological polar surface area (TPSA) is 64.9 Å². The van der Waals surface area contributed by atoms with E-state index in [2.05, 4.69) is 21.9 Å². The monoisotopic (exact) mass is 248 g/mol. The second kappa shape index (κ2) is 4.72. The zero-order valence-electron chi connectivity index (χ0n) is 11.4. The number of aromatic nitrogens is 4. The second-order valence-electron chi connectivity index (χ2n) is 4.45. The van der Waals surface area contributed by atoms with E-state index < -0.39 is 0 Å². The number of imidazole rings is 1. The van der Waals surface area contributed by atoms with Crippen LogP contribution in [0.25, 0.3) is 0 Å². The number of aryl methyl sites for hydroxylation is 3. The maximum Gasteiger partial charge on any atom is 0.150 e. The van der Waals surface area contributed by atoms with E-state index in [0.717, 1.165) is 29.6 Å². The molecule has 2 aromatic heterocycles. The maximum atomic E-state index is 6.09. The summed E-state index contributed by atoms with van der Waals surface area (Å²) in [5.41, 5.74) is 7.71. The molecule has 0 amide bonds. The average molecular weight is 248 g/mol. The van der Waals surface area contributed by atoms with Gasteiger partial charge in [-0.1, -0.05) is 0 Å². The maximum absolute atomic E-state index is 6.09. The molecule has 0 atom stereocenters. The van der Waals surface area contributed by atoms with Crippen LogP contribution >= 0.6 is 0 Å². The van der Waals surface area contributed by atoms with Crippen LogP contribution in [0.5, 0.6) is 0 Å². The van der Waals surface area contributed by atoms with Gasteiger partial charge in [0.2, 0.25) is 0 Å². The van der Waals surface area contributed by atoms with Crippen molar-refractivity contribution in [3.63, 3.8) is 0 Å². The summed E-state index contributed by atoms with van der Waals surface area (Å²) < 4.78 is 3.93. The van der Waals surface area contributed by atoms with Gasteiger partial charge in [-0.25, -0.2) is 9.67 Å². The minimum atomic E-state index is 0.707. The zero-order valence-corrected chi connectivity index (χ0v) is 11.4. The minimum Gasteiger partial charge on any atom is -0.394 e. The molecular formula is C12H20N6. The summed E-state index contributed by atoms with van der Waals surface area (Å²) >= 11 is 0. The van der Waals surface area contributed by atoms with Crippen LogP contribution in [-0.2, 0) is 20.1 Å². The van der Waals surface area contributed by atoms with Gasteiger partial charge in [-0.2, -0.15) is 5.10 Å². The third kappa shape index (κ3) is 2.05. The quantitative estimate of drug-likeness (QED) is 0.882. The standard InChI is InChI=1S/C12H20N6/c1-5-18-12(11(13)9(2)15-18)17(4)8-10-14-6-7-16(10)3/h6-7H,5,8,13H2,1-4H3. The van der Waals surface area contributed by atoms with E-state index in [9.17, 15) is 0 Å². The molecule has 2 rings (SSSR count). The van der Waals surface area contributed by atoms with Crippen molar-refractivity contribution >= 4 is 11.5 Å². The van der Waals surface area contributed by atoms with Crippen molar-refractivity contribution in [3.8, 4) is 0 Å². The van der Waals surface area contributed by atoms with Crippen molar-refractivity contribution in [1.29, 1.82) is 0 Å². The van der Waals surface area contributed by atoms with Gasteiger partial charge < -0.3 is 15.2 Å². The Balaban J connectivity index is 2.29. The molecule has 0 saturated heterocycles. The van der Waals surface area contributed by atoms with Gasteiger partial charge in [0.25, 0.3) is 0 Å². The fraction of sp³-hybridized carbons (Fsp3) is 0.500. The smallest absolute Gasteiger partial charge is 0.150 e. The van der Waals surface area contributed by atoms with Crippen LogP contribution in [0.15, 0.2) is 12.4 Å². The van der Waals surface area contributed by atoms with Crippen LogP contribution in [0.4, 0.5) is 11.5 Å². The Hall–Kier alpha value is -1.98. The van der Waals surface area contributed by atoms with E-state index in [1.165, 1.54) is 0 Å². The molecule has 0 aliphatic carbocycles. The summed E-state index contributed by atoms with van der Waals surface area (Å²) in [6, 6.07) is 0. The number of nitrogens with zero attached hydrogens (tertiary/aromatic N) is 5. The van der Waals surface area contributed by atoms with E-state index in [1.807, 2.05) is 36.5 Å². The number of hydrogen-bond donors (Lipinski definition) is 1. The van der Waals surface area contributed by atoms with Gasteiger partial charge in [-0.3, -0.25) is 0 Å². The van der Waals surface area contributed by atoms with Crippen LogP contribution in [0, 0.1) is 6.92 Å². The van der Waals surface area contributed by atoms with Crippen molar-refractivity contribution in [2.24, 2.45) is 7.05 Å². The molecule has 0 aliphatic rings. The first-order valence-electron chi connectivity index (χ1n) is 6.04. The minimum absolute atomic E-state index is 0.707. The predicted octanol–water partition coefficient (Wildman–Crippen LogP) is 1.16. The molecule has 0 fully saturated rings. The van der Waals surface area contributed by atoms with Crippen LogP contribution in [-0.4, -0.2) is 26.4 Å². The normalized spacial score (nSPS) is 10.9. The molecule has 6 heteroatoms. The zero-order chi connectivity index (χ0) is 13.3. The number of hydrogen-bond acceptors (Lipinski definition) is 4. The number of rotatable bonds is 4. The Morgan fingerprint density at radius 1 is 1.44 bits per heavy atom. The molecular weight excluding hydrogens is 228 g/mol. The largest absolute Gasteiger partial charge is 0.394 e. The Morgan fingerprint density at radius 3 is 2.72 bits per heavy atom. The van der Waals surface area contributed by atoms with E-state index in [0.29, 0.717) is 6.54 Å². The third-order valence-corrected chi connectivity index (χ3v) is 3.11. The van der Waals surface area contributed by atoms with Crippen LogP contribution in [0.2, 0.25) is 0 Å². The Morgan fingerprint density at radius 2 is 2.17 bits per heavy atom. The summed E-state index contributed by atoms with van der Waals surface area (Å²) in [6.07, 6.45) is 3.74. The summed E-state index contributed by atoms with van der Waals surface area (Å²) in [4.78, 5) is 6.41. The highest BCUT2D eigenvalue weighted by molar-refractivity contribution is 5.65. The molecule has 6 nitrogen and oxygen atoms in total. The van der Waals surface area contributed by atoms with Gasteiger partial charge in [-0.15, -0.1) is 0 Å².